The van der Waals surface area contributed by atoms with Gasteiger partial charge in [0.25, 0.3) is 0 Å². The van der Waals surface area contributed by atoms with Crippen LogP contribution < -0.4 is 5.32 Å². The summed E-state index contributed by atoms with van der Waals surface area (Å²) in [7, 11) is 0. The fraction of sp³-hybridized carbons (Fsp3) is 0.500. The highest BCUT2D eigenvalue weighted by Gasteiger charge is 2.21. The highest BCUT2D eigenvalue weighted by molar-refractivity contribution is 9.10. The molecule has 2 rings (SSSR count). The van der Waals surface area contributed by atoms with Crippen molar-refractivity contribution in [2.75, 3.05) is 13.1 Å². The average molecular weight is 272 g/mol. The van der Waals surface area contributed by atoms with Crippen molar-refractivity contribution < 1.29 is 4.39 Å². The van der Waals surface area contributed by atoms with Gasteiger partial charge in [0.1, 0.15) is 5.82 Å². The van der Waals surface area contributed by atoms with Crippen molar-refractivity contribution in [3.8, 4) is 0 Å². The molecule has 0 aliphatic carbocycles. The van der Waals surface area contributed by atoms with Gasteiger partial charge in [-0.15, -0.1) is 0 Å². The van der Waals surface area contributed by atoms with Gasteiger partial charge < -0.3 is 5.32 Å². The molecule has 0 aromatic heterocycles. The SMILES string of the molecule is Cc1ccc(Br)c(F)c1C1CCNCC1. The first-order valence-corrected chi connectivity index (χ1v) is 6.14. The van der Waals surface area contributed by atoms with Gasteiger partial charge in [-0.1, -0.05) is 6.07 Å². The van der Waals surface area contributed by atoms with Crippen molar-refractivity contribution >= 4 is 15.9 Å². The Balaban J connectivity index is 2.36. The molecule has 1 heterocycles. The van der Waals surface area contributed by atoms with Crippen LogP contribution in [0.4, 0.5) is 4.39 Å². The van der Waals surface area contributed by atoms with Gasteiger partial charge in [0.2, 0.25) is 0 Å². The van der Waals surface area contributed by atoms with E-state index in [0.29, 0.717) is 10.4 Å². The molecule has 15 heavy (non-hydrogen) atoms. The second kappa shape index (κ2) is 4.62. The lowest BCUT2D eigenvalue weighted by atomic mass is 9.87. The van der Waals surface area contributed by atoms with Gasteiger partial charge in [-0.25, -0.2) is 4.39 Å². The lowest BCUT2D eigenvalue weighted by Crippen LogP contribution is -2.27. The van der Waals surface area contributed by atoms with Crippen LogP contribution in [-0.2, 0) is 0 Å². The molecule has 1 aromatic rings. The molecule has 1 aliphatic heterocycles. The van der Waals surface area contributed by atoms with Crippen LogP contribution in [-0.4, -0.2) is 13.1 Å². The van der Waals surface area contributed by atoms with Crippen LogP contribution in [0, 0.1) is 12.7 Å². The molecule has 3 heteroatoms. The van der Waals surface area contributed by atoms with E-state index in [1.807, 2.05) is 13.0 Å². The maximum absolute atomic E-state index is 14.0. The minimum atomic E-state index is -0.0677. The predicted molar refractivity (Wildman–Crippen MR) is 63.7 cm³/mol. The zero-order chi connectivity index (χ0) is 10.8. The number of hydrogen-bond donors (Lipinski definition) is 1. The number of halogens is 2. The van der Waals surface area contributed by atoms with Crippen LogP contribution in [0.1, 0.15) is 29.9 Å². The number of benzene rings is 1. The maximum atomic E-state index is 14.0. The zero-order valence-electron chi connectivity index (χ0n) is 8.82. The van der Waals surface area contributed by atoms with Gasteiger partial charge in [-0.3, -0.25) is 0 Å². The van der Waals surface area contributed by atoms with Crippen molar-refractivity contribution in [1.82, 2.24) is 5.32 Å². The zero-order valence-corrected chi connectivity index (χ0v) is 10.4. The van der Waals surface area contributed by atoms with E-state index in [1.54, 1.807) is 6.07 Å². The largest absolute Gasteiger partial charge is 0.317 e. The first-order chi connectivity index (χ1) is 7.20. The molecule has 1 nitrogen and oxygen atoms in total. The molecule has 1 saturated heterocycles. The van der Waals surface area contributed by atoms with Gasteiger partial charge in [0.05, 0.1) is 4.47 Å². The number of rotatable bonds is 1. The fourth-order valence-corrected chi connectivity index (χ4v) is 2.62. The number of nitrogens with one attached hydrogen (secondary N) is 1. The quantitative estimate of drug-likeness (QED) is 0.826. The molecular formula is C12H15BrFN. The Kier molecular flexibility index (Phi) is 3.42. The Bertz CT molecular complexity index is 359. The second-order valence-corrected chi connectivity index (χ2v) is 4.97. The van der Waals surface area contributed by atoms with E-state index in [2.05, 4.69) is 21.2 Å². The summed E-state index contributed by atoms with van der Waals surface area (Å²) in [6, 6.07) is 3.78. The van der Waals surface area contributed by atoms with E-state index in [1.165, 1.54) is 0 Å². The third-order valence-electron chi connectivity index (χ3n) is 3.10. The van der Waals surface area contributed by atoms with Crippen molar-refractivity contribution in [3.63, 3.8) is 0 Å². The van der Waals surface area contributed by atoms with Crippen LogP contribution in [0.25, 0.3) is 0 Å². The number of aryl methyl sites for hydroxylation is 1. The summed E-state index contributed by atoms with van der Waals surface area (Å²) < 4.78 is 14.6. The minimum Gasteiger partial charge on any atom is -0.317 e. The Morgan fingerprint density at radius 1 is 1.33 bits per heavy atom. The molecule has 82 valence electrons. The van der Waals surface area contributed by atoms with Crippen LogP contribution in [0.5, 0.6) is 0 Å². The van der Waals surface area contributed by atoms with Crippen molar-refractivity contribution in [1.29, 1.82) is 0 Å². The molecule has 0 bridgehead atoms. The molecule has 1 aromatic carbocycles. The lowest BCUT2D eigenvalue weighted by Gasteiger charge is -2.25. The van der Waals surface area contributed by atoms with E-state index in [4.69, 9.17) is 0 Å². The van der Waals surface area contributed by atoms with Crippen molar-refractivity contribution in [3.05, 3.63) is 33.5 Å². The third kappa shape index (κ3) is 2.23. The van der Waals surface area contributed by atoms with Crippen LogP contribution in [0.2, 0.25) is 0 Å². The summed E-state index contributed by atoms with van der Waals surface area (Å²) >= 11 is 3.26. The van der Waals surface area contributed by atoms with Gasteiger partial charge in [0.15, 0.2) is 0 Å². The van der Waals surface area contributed by atoms with Crippen molar-refractivity contribution in [2.45, 2.75) is 25.7 Å². The summed E-state index contributed by atoms with van der Waals surface area (Å²) in [6.45, 7) is 3.99. The molecular weight excluding hydrogens is 257 g/mol. The molecule has 0 atom stereocenters. The summed E-state index contributed by atoms with van der Waals surface area (Å²) in [5.74, 6) is 0.311. The van der Waals surface area contributed by atoms with Crippen molar-refractivity contribution in [2.24, 2.45) is 0 Å². The second-order valence-electron chi connectivity index (χ2n) is 4.12. The van der Waals surface area contributed by atoms with Crippen LogP contribution >= 0.6 is 15.9 Å². The van der Waals surface area contributed by atoms with Crippen LogP contribution in [0.3, 0.4) is 0 Å². The Morgan fingerprint density at radius 3 is 2.67 bits per heavy atom. The first-order valence-electron chi connectivity index (χ1n) is 5.35. The van der Waals surface area contributed by atoms with E-state index in [0.717, 1.165) is 37.1 Å². The smallest absolute Gasteiger partial charge is 0.141 e. The monoisotopic (exact) mass is 271 g/mol. The Labute approximate surface area is 98.2 Å². The average Bonchev–Trinajstić information content (AvgIpc) is 2.26. The minimum absolute atomic E-state index is 0.0677. The lowest BCUT2D eigenvalue weighted by molar-refractivity contribution is 0.442. The highest BCUT2D eigenvalue weighted by Crippen LogP contribution is 2.33. The topological polar surface area (TPSA) is 12.0 Å². The number of piperidine rings is 1. The number of hydrogen-bond acceptors (Lipinski definition) is 1. The molecule has 0 saturated carbocycles. The van der Waals surface area contributed by atoms with E-state index in [-0.39, 0.29) is 5.82 Å². The molecule has 0 unspecified atom stereocenters. The molecule has 1 aliphatic rings. The summed E-state index contributed by atoms with van der Waals surface area (Å²) in [5.41, 5.74) is 1.98. The Morgan fingerprint density at radius 2 is 2.00 bits per heavy atom. The van der Waals surface area contributed by atoms with E-state index < -0.39 is 0 Å². The summed E-state index contributed by atoms with van der Waals surface area (Å²) in [6.07, 6.45) is 2.07. The fourth-order valence-electron chi connectivity index (χ4n) is 2.27. The predicted octanol–water partition coefficient (Wildman–Crippen LogP) is 3.36. The molecule has 0 radical (unpaired) electrons. The molecule has 0 amide bonds. The van der Waals surface area contributed by atoms with E-state index >= 15 is 0 Å². The maximum Gasteiger partial charge on any atom is 0.141 e. The highest BCUT2D eigenvalue weighted by atomic mass is 79.9. The Hall–Kier alpha value is -0.410. The molecule has 1 N–H and O–H groups in total. The van der Waals surface area contributed by atoms with Crippen LogP contribution in [0.15, 0.2) is 16.6 Å². The van der Waals surface area contributed by atoms with Gasteiger partial charge in [0, 0.05) is 0 Å². The van der Waals surface area contributed by atoms with Gasteiger partial charge in [-0.2, -0.15) is 0 Å². The van der Waals surface area contributed by atoms with E-state index in [9.17, 15) is 4.39 Å². The summed E-state index contributed by atoms with van der Waals surface area (Å²) in [5, 5.41) is 3.30. The molecule has 1 fully saturated rings. The third-order valence-corrected chi connectivity index (χ3v) is 3.71. The normalized spacial score (nSPS) is 18.1. The first kappa shape index (κ1) is 11.1. The summed E-state index contributed by atoms with van der Waals surface area (Å²) in [4.78, 5) is 0. The van der Waals surface area contributed by atoms with Gasteiger partial charge in [-0.05, 0) is 71.9 Å². The van der Waals surface area contributed by atoms with Gasteiger partial charge >= 0.3 is 0 Å². The standard InChI is InChI=1S/C12H15BrFN/c1-8-2-3-10(13)12(14)11(8)9-4-6-15-7-5-9/h2-3,9,15H,4-7H2,1H3. The molecule has 0 spiro atoms.